The molecule has 1 aliphatic rings. The predicted molar refractivity (Wildman–Crippen MR) is 97.9 cm³/mol. The van der Waals surface area contributed by atoms with Crippen molar-refractivity contribution in [2.45, 2.75) is 31.8 Å². The summed E-state index contributed by atoms with van der Waals surface area (Å²) >= 11 is 6.25. The SMILES string of the molecule is Fc1ccc(CN(CCc2ccccc2)C2CCNCC2)c(Cl)c1. The smallest absolute Gasteiger partial charge is 0.124 e. The topological polar surface area (TPSA) is 15.3 Å². The van der Waals surface area contributed by atoms with Gasteiger partial charge in [0.25, 0.3) is 0 Å². The van der Waals surface area contributed by atoms with Crippen molar-refractivity contribution in [1.82, 2.24) is 10.2 Å². The zero-order chi connectivity index (χ0) is 16.8. The lowest BCUT2D eigenvalue weighted by Crippen LogP contribution is -2.43. The third kappa shape index (κ3) is 4.79. The number of halogens is 2. The molecule has 1 heterocycles. The van der Waals surface area contributed by atoms with Crippen molar-refractivity contribution in [3.05, 3.63) is 70.5 Å². The van der Waals surface area contributed by atoms with E-state index in [-0.39, 0.29) is 5.82 Å². The zero-order valence-corrected chi connectivity index (χ0v) is 14.6. The van der Waals surface area contributed by atoms with Gasteiger partial charge in [0.05, 0.1) is 0 Å². The molecule has 3 rings (SSSR count). The fourth-order valence-electron chi connectivity index (χ4n) is 3.35. The molecule has 0 atom stereocenters. The summed E-state index contributed by atoms with van der Waals surface area (Å²) < 4.78 is 13.3. The monoisotopic (exact) mass is 346 g/mol. The summed E-state index contributed by atoms with van der Waals surface area (Å²) in [6, 6.07) is 15.8. The lowest BCUT2D eigenvalue weighted by Gasteiger charge is -2.35. The Morgan fingerprint density at radius 3 is 2.54 bits per heavy atom. The first-order chi connectivity index (χ1) is 11.7. The molecule has 0 amide bonds. The van der Waals surface area contributed by atoms with E-state index in [2.05, 4.69) is 34.5 Å². The number of nitrogens with one attached hydrogen (secondary N) is 1. The molecule has 24 heavy (non-hydrogen) atoms. The van der Waals surface area contributed by atoms with Crippen LogP contribution >= 0.6 is 11.6 Å². The van der Waals surface area contributed by atoms with Crippen LogP contribution in [0.1, 0.15) is 24.0 Å². The number of rotatable bonds is 6. The Morgan fingerprint density at radius 2 is 1.83 bits per heavy atom. The molecule has 1 aliphatic heterocycles. The summed E-state index contributed by atoms with van der Waals surface area (Å²) in [7, 11) is 0. The standard InChI is InChI=1S/C20H24ClFN2/c21-20-14-18(22)7-6-17(20)15-24(19-8-11-23-12-9-19)13-10-16-4-2-1-3-5-16/h1-7,14,19,23H,8-13,15H2. The van der Waals surface area contributed by atoms with Gasteiger partial charge < -0.3 is 5.32 Å². The summed E-state index contributed by atoms with van der Waals surface area (Å²) in [5.41, 5.74) is 2.35. The van der Waals surface area contributed by atoms with Crippen molar-refractivity contribution < 1.29 is 4.39 Å². The fourth-order valence-corrected chi connectivity index (χ4v) is 3.58. The van der Waals surface area contributed by atoms with Crippen LogP contribution in [0.25, 0.3) is 0 Å². The van der Waals surface area contributed by atoms with E-state index in [1.54, 1.807) is 0 Å². The van der Waals surface area contributed by atoms with Crippen molar-refractivity contribution in [1.29, 1.82) is 0 Å². The van der Waals surface area contributed by atoms with E-state index in [4.69, 9.17) is 11.6 Å². The van der Waals surface area contributed by atoms with Crippen molar-refractivity contribution in [2.75, 3.05) is 19.6 Å². The molecule has 2 aromatic carbocycles. The van der Waals surface area contributed by atoms with Gasteiger partial charge in [0, 0.05) is 24.2 Å². The highest BCUT2D eigenvalue weighted by atomic mass is 35.5. The highest BCUT2D eigenvalue weighted by molar-refractivity contribution is 6.31. The summed E-state index contributed by atoms with van der Waals surface area (Å²) in [6.07, 6.45) is 3.31. The van der Waals surface area contributed by atoms with Crippen LogP contribution in [0.15, 0.2) is 48.5 Å². The lowest BCUT2D eigenvalue weighted by atomic mass is 10.0. The van der Waals surface area contributed by atoms with Gasteiger partial charge in [-0.1, -0.05) is 48.0 Å². The van der Waals surface area contributed by atoms with E-state index in [0.29, 0.717) is 11.1 Å². The van der Waals surface area contributed by atoms with E-state index in [1.807, 2.05) is 12.1 Å². The molecule has 0 aliphatic carbocycles. The molecule has 128 valence electrons. The number of hydrogen-bond donors (Lipinski definition) is 1. The minimum atomic E-state index is -0.276. The Hall–Kier alpha value is -1.42. The molecule has 0 bridgehead atoms. The minimum absolute atomic E-state index is 0.276. The highest BCUT2D eigenvalue weighted by Gasteiger charge is 2.21. The number of piperidine rings is 1. The lowest BCUT2D eigenvalue weighted by molar-refractivity contribution is 0.155. The Kier molecular flexibility index (Phi) is 6.24. The molecule has 0 aromatic heterocycles. The number of nitrogens with zero attached hydrogens (tertiary/aromatic N) is 1. The molecule has 0 spiro atoms. The molecule has 4 heteroatoms. The van der Waals surface area contributed by atoms with Crippen LogP contribution in [0.4, 0.5) is 4.39 Å². The van der Waals surface area contributed by atoms with Gasteiger partial charge in [0.15, 0.2) is 0 Å². The third-order valence-corrected chi connectivity index (χ3v) is 5.10. The largest absolute Gasteiger partial charge is 0.317 e. The molecule has 1 fully saturated rings. The van der Waals surface area contributed by atoms with Gasteiger partial charge in [0.1, 0.15) is 5.82 Å². The van der Waals surface area contributed by atoms with E-state index in [0.717, 1.165) is 51.0 Å². The Balaban J connectivity index is 1.71. The summed E-state index contributed by atoms with van der Waals surface area (Å²) in [6.45, 7) is 3.88. The van der Waals surface area contributed by atoms with Crippen LogP contribution in [0.3, 0.4) is 0 Å². The molecule has 1 saturated heterocycles. The molecular formula is C20H24ClFN2. The summed E-state index contributed by atoms with van der Waals surface area (Å²) in [5, 5.41) is 3.95. The van der Waals surface area contributed by atoms with Crippen LogP contribution < -0.4 is 5.32 Å². The van der Waals surface area contributed by atoms with Crippen LogP contribution in [0.2, 0.25) is 5.02 Å². The highest BCUT2D eigenvalue weighted by Crippen LogP contribution is 2.22. The van der Waals surface area contributed by atoms with Crippen molar-refractivity contribution in [3.63, 3.8) is 0 Å². The second-order valence-corrected chi connectivity index (χ2v) is 6.83. The molecular weight excluding hydrogens is 323 g/mol. The van der Waals surface area contributed by atoms with Crippen molar-refractivity contribution in [3.8, 4) is 0 Å². The van der Waals surface area contributed by atoms with Gasteiger partial charge in [-0.2, -0.15) is 0 Å². The maximum atomic E-state index is 13.3. The third-order valence-electron chi connectivity index (χ3n) is 4.74. The van der Waals surface area contributed by atoms with Gasteiger partial charge >= 0.3 is 0 Å². The second-order valence-electron chi connectivity index (χ2n) is 6.42. The normalized spacial score (nSPS) is 15.8. The summed E-state index contributed by atoms with van der Waals surface area (Å²) in [4.78, 5) is 2.51. The molecule has 0 unspecified atom stereocenters. The summed E-state index contributed by atoms with van der Waals surface area (Å²) in [5.74, 6) is -0.276. The van der Waals surface area contributed by atoms with E-state index in [9.17, 15) is 4.39 Å². The first-order valence-corrected chi connectivity index (χ1v) is 9.03. The molecule has 2 aromatic rings. The second kappa shape index (κ2) is 8.61. The van der Waals surface area contributed by atoms with Crippen LogP contribution in [-0.2, 0) is 13.0 Å². The van der Waals surface area contributed by atoms with Crippen molar-refractivity contribution >= 4 is 11.6 Å². The van der Waals surface area contributed by atoms with Gasteiger partial charge in [-0.3, -0.25) is 4.90 Å². The van der Waals surface area contributed by atoms with E-state index >= 15 is 0 Å². The quantitative estimate of drug-likeness (QED) is 0.840. The van der Waals surface area contributed by atoms with Gasteiger partial charge in [-0.15, -0.1) is 0 Å². The molecule has 2 nitrogen and oxygen atoms in total. The van der Waals surface area contributed by atoms with E-state index in [1.165, 1.54) is 17.7 Å². The van der Waals surface area contributed by atoms with Crippen molar-refractivity contribution in [2.24, 2.45) is 0 Å². The van der Waals surface area contributed by atoms with E-state index < -0.39 is 0 Å². The maximum absolute atomic E-state index is 13.3. The average molecular weight is 347 g/mol. The fraction of sp³-hybridized carbons (Fsp3) is 0.400. The molecule has 0 saturated carbocycles. The first kappa shape index (κ1) is 17.4. The Bertz CT molecular complexity index is 641. The van der Waals surface area contributed by atoms with Gasteiger partial charge in [-0.25, -0.2) is 4.39 Å². The maximum Gasteiger partial charge on any atom is 0.124 e. The van der Waals surface area contributed by atoms with Crippen LogP contribution in [-0.4, -0.2) is 30.6 Å². The zero-order valence-electron chi connectivity index (χ0n) is 13.8. The number of benzene rings is 2. The number of hydrogen-bond acceptors (Lipinski definition) is 2. The van der Waals surface area contributed by atoms with Crippen LogP contribution in [0.5, 0.6) is 0 Å². The predicted octanol–water partition coefficient (Wildman–Crippen LogP) is 4.28. The molecule has 1 N–H and O–H groups in total. The molecule has 0 radical (unpaired) electrons. The van der Waals surface area contributed by atoms with Crippen LogP contribution in [0, 0.1) is 5.82 Å². The van der Waals surface area contributed by atoms with Gasteiger partial charge in [-0.05, 0) is 55.6 Å². The average Bonchev–Trinajstić information content (AvgIpc) is 2.62. The minimum Gasteiger partial charge on any atom is -0.317 e. The first-order valence-electron chi connectivity index (χ1n) is 8.65. The Morgan fingerprint density at radius 1 is 1.08 bits per heavy atom. The van der Waals surface area contributed by atoms with Gasteiger partial charge in [0.2, 0.25) is 0 Å². The Labute approximate surface area is 148 Å².